The second kappa shape index (κ2) is 4.07. The number of hydrazine groups is 1. The Labute approximate surface area is 83.1 Å². The summed E-state index contributed by atoms with van der Waals surface area (Å²) in [5.74, 6) is 0. The Morgan fingerprint density at radius 1 is 1.43 bits per heavy atom. The van der Waals surface area contributed by atoms with Crippen LogP contribution in [0.4, 0.5) is 5.69 Å². The van der Waals surface area contributed by atoms with Crippen molar-refractivity contribution in [3.8, 4) is 6.07 Å². The van der Waals surface area contributed by atoms with Crippen LogP contribution in [0.3, 0.4) is 0 Å². The Balaban J connectivity index is 2.12. The molecule has 0 bridgehead atoms. The monoisotopic (exact) mass is 188 g/mol. The van der Waals surface area contributed by atoms with E-state index in [1.807, 2.05) is 12.1 Å². The molecule has 0 amide bonds. The molecule has 72 valence electrons. The van der Waals surface area contributed by atoms with Crippen molar-refractivity contribution in [3.05, 3.63) is 24.0 Å². The molecule has 1 fully saturated rings. The molecule has 1 aliphatic rings. The minimum absolute atomic E-state index is 0.464. The fraction of sp³-hybridized carbons (Fsp3) is 0.400. The molecule has 1 aromatic heterocycles. The van der Waals surface area contributed by atoms with Crippen molar-refractivity contribution in [1.82, 2.24) is 10.4 Å². The molecular formula is C10H12N4. The van der Waals surface area contributed by atoms with Crippen LogP contribution in [0.1, 0.15) is 18.5 Å². The number of hydrogen-bond acceptors (Lipinski definition) is 4. The summed E-state index contributed by atoms with van der Waals surface area (Å²) in [6, 6.07) is 5.67. The Morgan fingerprint density at radius 3 is 2.93 bits per heavy atom. The normalized spacial score (nSPS) is 16.4. The second-order valence-electron chi connectivity index (χ2n) is 3.28. The van der Waals surface area contributed by atoms with Gasteiger partial charge in [0.2, 0.25) is 0 Å². The molecule has 2 rings (SSSR count). The van der Waals surface area contributed by atoms with Gasteiger partial charge in [-0.15, -0.1) is 0 Å². The maximum absolute atomic E-state index is 8.60. The minimum Gasteiger partial charge on any atom is -0.307 e. The van der Waals surface area contributed by atoms with E-state index < -0.39 is 0 Å². The van der Waals surface area contributed by atoms with Gasteiger partial charge in [0.25, 0.3) is 0 Å². The van der Waals surface area contributed by atoms with E-state index in [1.165, 1.54) is 12.8 Å². The fourth-order valence-electron chi connectivity index (χ4n) is 1.52. The Hall–Kier alpha value is -1.60. The van der Waals surface area contributed by atoms with Gasteiger partial charge >= 0.3 is 0 Å². The first-order valence-electron chi connectivity index (χ1n) is 4.77. The predicted octanol–water partition coefficient (Wildman–Crippen LogP) is 1.06. The summed E-state index contributed by atoms with van der Waals surface area (Å²) in [6.45, 7) is 2.02. The summed E-state index contributed by atoms with van der Waals surface area (Å²) < 4.78 is 0. The number of anilines is 1. The SMILES string of the molecule is N#Cc1ccc(N2CCCCN2)cn1. The van der Waals surface area contributed by atoms with Gasteiger partial charge in [-0.05, 0) is 25.0 Å². The number of hydrogen-bond donors (Lipinski definition) is 1. The standard InChI is InChI=1S/C10H12N4/c11-7-9-3-4-10(8-12-9)14-6-2-1-5-13-14/h3-4,8,13H,1-2,5-6H2. The van der Waals surface area contributed by atoms with Crippen molar-refractivity contribution < 1.29 is 0 Å². The molecule has 1 N–H and O–H groups in total. The van der Waals surface area contributed by atoms with Crippen LogP contribution < -0.4 is 10.4 Å². The van der Waals surface area contributed by atoms with Crippen LogP contribution >= 0.6 is 0 Å². The van der Waals surface area contributed by atoms with Gasteiger partial charge in [-0.2, -0.15) is 5.26 Å². The topological polar surface area (TPSA) is 52.0 Å². The maximum Gasteiger partial charge on any atom is 0.140 e. The molecule has 0 atom stereocenters. The average Bonchev–Trinajstić information content (AvgIpc) is 2.30. The van der Waals surface area contributed by atoms with Crippen molar-refractivity contribution in [2.45, 2.75) is 12.8 Å². The Kier molecular flexibility index (Phi) is 2.61. The molecule has 0 aliphatic carbocycles. The molecule has 4 heteroatoms. The van der Waals surface area contributed by atoms with Crippen molar-refractivity contribution in [1.29, 1.82) is 5.26 Å². The van der Waals surface area contributed by atoms with Gasteiger partial charge < -0.3 is 5.01 Å². The van der Waals surface area contributed by atoms with E-state index in [0.717, 1.165) is 18.8 Å². The number of pyridine rings is 1. The molecule has 4 nitrogen and oxygen atoms in total. The molecular weight excluding hydrogens is 176 g/mol. The van der Waals surface area contributed by atoms with Crippen LogP contribution in [0.2, 0.25) is 0 Å². The quantitative estimate of drug-likeness (QED) is 0.716. The van der Waals surface area contributed by atoms with E-state index in [4.69, 9.17) is 5.26 Å². The zero-order valence-corrected chi connectivity index (χ0v) is 7.90. The summed E-state index contributed by atoms with van der Waals surface area (Å²) in [5.41, 5.74) is 4.78. The van der Waals surface area contributed by atoms with Crippen LogP contribution in [0.25, 0.3) is 0 Å². The van der Waals surface area contributed by atoms with Gasteiger partial charge in [-0.1, -0.05) is 0 Å². The summed E-state index contributed by atoms with van der Waals surface area (Å²) in [7, 11) is 0. The smallest absolute Gasteiger partial charge is 0.140 e. The van der Waals surface area contributed by atoms with E-state index in [-0.39, 0.29) is 0 Å². The lowest BCUT2D eigenvalue weighted by Crippen LogP contribution is -2.43. The lowest BCUT2D eigenvalue weighted by molar-refractivity contribution is 0.511. The fourth-order valence-corrected chi connectivity index (χ4v) is 1.52. The predicted molar refractivity (Wildman–Crippen MR) is 53.5 cm³/mol. The molecule has 0 spiro atoms. The first-order chi connectivity index (χ1) is 6.90. The van der Waals surface area contributed by atoms with Gasteiger partial charge in [0.05, 0.1) is 11.9 Å². The highest BCUT2D eigenvalue weighted by Gasteiger charge is 2.09. The van der Waals surface area contributed by atoms with Crippen LogP contribution in [0.15, 0.2) is 18.3 Å². The van der Waals surface area contributed by atoms with E-state index in [2.05, 4.69) is 15.4 Å². The molecule has 1 saturated heterocycles. The van der Waals surface area contributed by atoms with Crippen LogP contribution in [0.5, 0.6) is 0 Å². The third kappa shape index (κ3) is 1.83. The average molecular weight is 188 g/mol. The molecule has 1 aromatic rings. The highest BCUT2D eigenvalue weighted by Crippen LogP contribution is 2.13. The van der Waals surface area contributed by atoms with Crippen molar-refractivity contribution in [2.24, 2.45) is 0 Å². The van der Waals surface area contributed by atoms with Gasteiger partial charge in [-0.25, -0.2) is 10.4 Å². The molecule has 14 heavy (non-hydrogen) atoms. The van der Waals surface area contributed by atoms with Gasteiger partial charge in [-0.3, -0.25) is 0 Å². The highest BCUT2D eigenvalue weighted by molar-refractivity contribution is 5.44. The third-order valence-electron chi connectivity index (χ3n) is 2.29. The summed E-state index contributed by atoms with van der Waals surface area (Å²) in [4.78, 5) is 4.03. The number of rotatable bonds is 1. The van der Waals surface area contributed by atoms with Gasteiger partial charge in [0, 0.05) is 13.1 Å². The molecule has 1 aliphatic heterocycles. The van der Waals surface area contributed by atoms with E-state index in [1.54, 1.807) is 12.3 Å². The van der Waals surface area contributed by atoms with Crippen LogP contribution in [-0.2, 0) is 0 Å². The number of nitriles is 1. The molecule has 0 aromatic carbocycles. The summed E-state index contributed by atoms with van der Waals surface area (Å²) in [5, 5.41) is 10.7. The highest BCUT2D eigenvalue weighted by atomic mass is 15.5. The second-order valence-corrected chi connectivity index (χ2v) is 3.28. The van der Waals surface area contributed by atoms with Crippen molar-refractivity contribution >= 4 is 5.69 Å². The minimum atomic E-state index is 0.464. The zero-order valence-electron chi connectivity index (χ0n) is 7.90. The molecule has 0 unspecified atom stereocenters. The number of nitrogens with zero attached hydrogens (tertiary/aromatic N) is 3. The first-order valence-corrected chi connectivity index (χ1v) is 4.77. The van der Waals surface area contributed by atoms with Crippen molar-refractivity contribution in [3.63, 3.8) is 0 Å². The molecule has 2 heterocycles. The third-order valence-corrected chi connectivity index (χ3v) is 2.29. The van der Waals surface area contributed by atoms with E-state index >= 15 is 0 Å². The van der Waals surface area contributed by atoms with Crippen LogP contribution in [-0.4, -0.2) is 18.1 Å². The van der Waals surface area contributed by atoms with Crippen LogP contribution in [0, 0.1) is 11.3 Å². The molecule has 0 radical (unpaired) electrons. The molecule has 0 saturated carbocycles. The lowest BCUT2D eigenvalue weighted by Gasteiger charge is -2.29. The van der Waals surface area contributed by atoms with Crippen molar-refractivity contribution in [2.75, 3.05) is 18.1 Å². The Morgan fingerprint density at radius 2 is 2.36 bits per heavy atom. The summed E-state index contributed by atoms with van der Waals surface area (Å²) in [6.07, 6.45) is 4.16. The van der Waals surface area contributed by atoms with E-state index in [0.29, 0.717) is 5.69 Å². The summed E-state index contributed by atoms with van der Waals surface area (Å²) >= 11 is 0. The van der Waals surface area contributed by atoms with E-state index in [9.17, 15) is 0 Å². The lowest BCUT2D eigenvalue weighted by atomic mass is 10.2. The van der Waals surface area contributed by atoms with Gasteiger partial charge in [0.15, 0.2) is 0 Å². The Bertz CT molecular complexity index is 332. The maximum atomic E-state index is 8.60. The van der Waals surface area contributed by atoms with Gasteiger partial charge in [0.1, 0.15) is 11.8 Å². The number of aromatic nitrogens is 1. The number of nitrogens with one attached hydrogen (secondary N) is 1. The largest absolute Gasteiger partial charge is 0.307 e. The first kappa shape index (κ1) is 8.97. The zero-order chi connectivity index (χ0) is 9.80.